The molecule has 0 bridgehead atoms. The van der Waals surface area contributed by atoms with Crippen LogP contribution in [-0.2, 0) is 9.84 Å². The predicted molar refractivity (Wildman–Crippen MR) is 149 cm³/mol. The molecule has 0 radical (unpaired) electrons. The fourth-order valence-corrected chi connectivity index (χ4v) is 6.83. The van der Waals surface area contributed by atoms with Crippen LogP contribution in [0.25, 0.3) is 10.8 Å². The van der Waals surface area contributed by atoms with Gasteiger partial charge in [-0.1, -0.05) is 19.9 Å². The highest BCUT2D eigenvalue weighted by atomic mass is 32.2. The van der Waals surface area contributed by atoms with E-state index in [2.05, 4.69) is 51.1 Å². The topological polar surface area (TPSA) is 108 Å². The van der Waals surface area contributed by atoms with Crippen molar-refractivity contribution in [2.24, 2.45) is 5.92 Å². The van der Waals surface area contributed by atoms with Gasteiger partial charge in [0, 0.05) is 54.6 Å². The van der Waals surface area contributed by atoms with Gasteiger partial charge in [0.2, 0.25) is 0 Å². The van der Waals surface area contributed by atoms with Crippen LogP contribution in [0.15, 0.2) is 36.7 Å². The van der Waals surface area contributed by atoms with Gasteiger partial charge in [-0.25, -0.2) is 27.8 Å². The lowest BCUT2D eigenvalue weighted by atomic mass is 9.78. The molecule has 3 heterocycles. The number of fused-ring (bicyclic) bond motifs is 1. The Balaban J connectivity index is 1.39. The lowest BCUT2D eigenvalue weighted by Gasteiger charge is -2.41. The third-order valence-electron chi connectivity index (χ3n) is 7.79. The molecule has 1 aromatic carbocycles. The molecule has 1 aliphatic carbocycles. The molecular weight excluding hydrogens is 505 g/mol. The number of aliphatic hydroxyl groups is 1. The van der Waals surface area contributed by atoms with Crippen molar-refractivity contribution in [3.63, 3.8) is 0 Å². The summed E-state index contributed by atoms with van der Waals surface area (Å²) >= 11 is 0. The van der Waals surface area contributed by atoms with E-state index < -0.39 is 21.6 Å². The third kappa shape index (κ3) is 5.61. The SMILES string of the molecule is CC(C)c1ccc(N2CC(CS(C)(=O)=O)C2)c2cnc(Nc3ccnc([C@H]4CC[C@@H](O)[C@@](C)(F)C4)n3)cc12. The first kappa shape index (κ1) is 26.7. The second kappa shape index (κ2) is 10.0. The highest BCUT2D eigenvalue weighted by molar-refractivity contribution is 7.90. The smallest absolute Gasteiger partial charge is 0.147 e. The second-order valence-corrected chi connectivity index (χ2v) is 13.7. The lowest BCUT2D eigenvalue weighted by Crippen LogP contribution is -2.49. The van der Waals surface area contributed by atoms with E-state index in [4.69, 9.17) is 0 Å². The summed E-state index contributed by atoms with van der Waals surface area (Å²) in [7, 11) is -2.99. The number of hydrogen-bond acceptors (Lipinski definition) is 8. The number of alkyl halides is 1. The number of hydrogen-bond donors (Lipinski definition) is 2. The molecule has 1 saturated heterocycles. The molecule has 204 valence electrons. The summed E-state index contributed by atoms with van der Waals surface area (Å²) in [4.78, 5) is 15.9. The summed E-state index contributed by atoms with van der Waals surface area (Å²) in [6.45, 7) is 7.18. The summed E-state index contributed by atoms with van der Waals surface area (Å²) in [5.41, 5.74) is 0.613. The molecule has 8 nitrogen and oxygen atoms in total. The van der Waals surface area contributed by atoms with Gasteiger partial charge in [0.25, 0.3) is 0 Å². The summed E-state index contributed by atoms with van der Waals surface area (Å²) in [5.74, 6) is 2.31. The van der Waals surface area contributed by atoms with Crippen LogP contribution in [0.4, 0.5) is 21.7 Å². The first-order valence-electron chi connectivity index (χ1n) is 13.2. The minimum absolute atomic E-state index is 0.147. The summed E-state index contributed by atoms with van der Waals surface area (Å²) in [5, 5.41) is 15.4. The molecule has 1 saturated carbocycles. The maximum atomic E-state index is 14.8. The van der Waals surface area contributed by atoms with Crippen LogP contribution >= 0.6 is 0 Å². The zero-order chi connectivity index (χ0) is 27.2. The summed E-state index contributed by atoms with van der Waals surface area (Å²) in [6, 6.07) is 8.05. The number of sulfone groups is 1. The molecule has 0 unspecified atom stereocenters. The van der Waals surface area contributed by atoms with Crippen molar-refractivity contribution in [1.82, 2.24) is 15.0 Å². The van der Waals surface area contributed by atoms with Crippen LogP contribution in [0.3, 0.4) is 0 Å². The predicted octanol–water partition coefficient (Wildman–Crippen LogP) is 4.73. The van der Waals surface area contributed by atoms with Gasteiger partial charge in [-0.05, 0) is 61.3 Å². The Kier molecular flexibility index (Phi) is 7.06. The van der Waals surface area contributed by atoms with E-state index in [0.717, 1.165) is 16.5 Å². The Morgan fingerprint density at radius 3 is 2.61 bits per heavy atom. The zero-order valence-corrected chi connectivity index (χ0v) is 23.2. The van der Waals surface area contributed by atoms with Gasteiger partial charge in [0.05, 0.1) is 11.9 Å². The normalized spacial score (nSPS) is 24.6. The summed E-state index contributed by atoms with van der Waals surface area (Å²) < 4.78 is 38.1. The van der Waals surface area contributed by atoms with Crippen molar-refractivity contribution in [2.45, 2.75) is 63.6 Å². The van der Waals surface area contributed by atoms with Gasteiger partial charge in [-0.3, -0.25) is 0 Å². The highest BCUT2D eigenvalue weighted by Gasteiger charge is 2.41. The number of rotatable bonds is 7. The maximum absolute atomic E-state index is 14.8. The number of anilines is 3. The third-order valence-corrected chi connectivity index (χ3v) is 8.87. The largest absolute Gasteiger partial charge is 0.390 e. The quantitative estimate of drug-likeness (QED) is 0.442. The van der Waals surface area contributed by atoms with Crippen molar-refractivity contribution < 1.29 is 17.9 Å². The van der Waals surface area contributed by atoms with E-state index in [9.17, 15) is 17.9 Å². The minimum Gasteiger partial charge on any atom is -0.390 e. The Morgan fingerprint density at radius 1 is 1.16 bits per heavy atom. The van der Waals surface area contributed by atoms with E-state index >= 15 is 0 Å². The Hall–Kier alpha value is -2.85. The fraction of sp³-hybridized carbons (Fsp3) is 0.536. The first-order chi connectivity index (χ1) is 17.9. The number of pyridine rings is 1. The molecule has 1 aliphatic heterocycles. The number of halogens is 1. The standard InChI is InChI=1S/C28H36FN5O3S/c1-17(2)20-6-7-23(34-14-18(15-34)16-38(4,36)37)22-13-31-26(11-21(20)22)32-25-9-10-30-27(33-25)19-5-8-24(35)28(3,29)12-19/h6-7,9-11,13,17-19,24,35H,5,8,12,14-16H2,1-4H3,(H,30,31,32,33)/t19-,24+,28-/m0/s1. The molecule has 38 heavy (non-hydrogen) atoms. The Labute approximate surface area is 223 Å². The van der Waals surface area contributed by atoms with E-state index in [-0.39, 0.29) is 24.0 Å². The van der Waals surface area contributed by atoms with Crippen LogP contribution in [0.5, 0.6) is 0 Å². The number of benzene rings is 1. The average Bonchev–Trinajstić information content (AvgIpc) is 2.81. The van der Waals surface area contributed by atoms with Crippen LogP contribution in [0.1, 0.15) is 63.3 Å². The van der Waals surface area contributed by atoms with Gasteiger partial charge < -0.3 is 15.3 Å². The molecule has 2 fully saturated rings. The van der Waals surface area contributed by atoms with E-state index in [1.807, 2.05) is 12.3 Å². The van der Waals surface area contributed by atoms with Crippen LogP contribution in [0, 0.1) is 5.92 Å². The Morgan fingerprint density at radius 2 is 1.92 bits per heavy atom. The molecule has 0 spiro atoms. The van der Waals surface area contributed by atoms with Crippen LogP contribution in [0.2, 0.25) is 0 Å². The van der Waals surface area contributed by atoms with Crippen LogP contribution < -0.4 is 10.2 Å². The number of aromatic nitrogens is 3. The average molecular weight is 542 g/mol. The first-order valence-corrected chi connectivity index (χ1v) is 15.3. The maximum Gasteiger partial charge on any atom is 0.147 e. The van der Waals surface area contributed by atoms with E-state index in [0.29, 0.717) is 49.3 Å². The van der Waals surface area contributed by atoms with E-state index in [1.165, 1.54) is 18.7 Å². The Bertz CT molecular complexity index is 1440. The van der Waals surface area contributed by atoms with Crippen LogP contribution in [-0.4, -0.2) is 65.3 Å². The van der Waals surface area contributed by atoms with Gasteiger partial charge in [0.1, 0.15) is 33.0 Å². The fourth-order valence-electron chi connectivity index (χ4n) is 5.77. The van der Waals surface area contributed by atoms with Gasteiger partial charge in [-0.15, -0.1) is 0 Å². The molecular formula is C28H36FN5O3S. The van der Waals surface area contributed by atoms with Gasteiger partial charge in [-0.2, -0.15) is 0 Å². The molecule has 5 rings (SSSR count). The van der Waals surface area contributed by atoms with E-state index in [1.54, 1.807) is 12.3 Å². The molecule has 3 aromatic rings. The van der Waals surface area contributed by atoms with Crippen molar-refractivity contribution in [3.8, 4) is 0 Å². The monoisotopic (exact) mass is 541 g/mol. The molecule has 10 heteroatoms. The molecule has 3 atom stereocenters. The molecule has 0 amide bonds. The molecule has 2 aliphatic rings. The second-order valence-electron chi connectivity index (χ2n) is 11.5. The van der Waals surface area contributed by atoms with Crippen molar-refractivity contribution >= 4 is 37.9 Å². The lowest BCUT2D eigenvalue weighted by molar-refractivity contribution is -0.0343. The van der Waals surface area contributed by atoms with Crippen molar-refractivity contribution in [2.75, 3.05) is 35.3 Å². The number of nitrogens with one attached hydrogen (secondary N) is 1. The zero-order valence-electron chi connectivity index (χ0n) is 22.4. The highest BCUT2D eigenvalue weighted by Crippen LogP contribution is 2.40. The van der Waals surface area contributed by atoms with Gasteiger partial charge >= 0.3 is 0 Å². The minimum atomic E-state index is -2.99. The number of nitrogens with zero attached hydrogens (tertiary/aromatic N) is 4. The summed E-state index contributed by atoms with van der Waals surface area (Å²) in [6.07, 6.45) is 5.08. The van der Waals surface area contributed by atoms with Gasteiger partial charge in [0.15, 0.2) is 0 Å². The van der Waals surface area contributed by atoms with Crippen molar-refractivity contribution in [1.29, 1.82) is 0 Å². The van der Waals surface area contributed by atoms with Crippen molar-refractivity contribution in [3.05, 3.63) is 48.0 Å². The number of aliphatic hydroxyl groups excluding tert-OH is 1. The molecule has 2 aromatic heterocycles. The molecule has 2 N–H and O–H groups in total.